The van der Waals surface area contributed by atoms with E-state index in [0.717, 1.165) is 27.6 Å². The smallest absolute Gasteiger partial charge is 0.300 e. The number of Topliss-reactive ketones (excluding diaryl/α,β-unsaturated/α-hetero) is 1. The molecule has 1 saturated heterocycles. The van der Waals surface area contributed by atoms with E-state index in [9.17, 15) is 14.7 Å². The molecule has 2 heterocycles. The molecule has 0 bridgehead atoms. The van der Waals surface area contributed by atoms with Gasteiger partial charge in [0.05, 0.1) is 18.7 Å². The molecule has 1 fully saturated rings. The molecular weight excluding hydrogens is 464 g/mol. The molecule has 1 aromatic heterocycles. The molecule has 188 valence electrons. The summed E-state index contributed by atoms with van der Waals surface area (Å²) in [5, 5.41) is 12.5. The second-order valence-corrected chi connectivity index (χ2v) is 10.5. The Morgan fingerprint density at radius 3 is 2.38 bits per heavy atom. The highest BCUT2D eigenvalue weighted by atomic mass is 16.5. The fraction of sp³-hybridized carbons (Fsp3) is 0.226. The lowest BCUT2D eigenvalue weighted by Gasteiger charge is -2.25. The number of ketones is 1. The molecule has 3 aromatic carbocycles. The average Bonchev–Trinajstić information content (AvgIpc) is 3.42. The number of H-pyrrole nitrogens is 1. The molecule has 0 saturated carbocycles. The van der Waals surface area contributed by atoms with E-state index in [1.54, 1.807) is 19.2 Å². The van der Waals surface area contributed by atoms with Crippen molar-refractivity contribution in [1.29, 1.82) is 0 Å². The number of aromatic nitrogens is 1. The van der Waals surface area contributed by atoms with Crippen molar-refractivity contribution in [3.8, 4) is 5.75 Å². The van der Waals surface area contributed by atoms with Crippen LogP contribution in [0.3, 0.4) is 0 Å². The third-order valence-corrected chi connectivity index (χ3v) is 6.95. The number of rotatable bonds is 4. The van der Waals surface area contributed by atoms with E-state index in [-0.39, 0.29) is 16.7 Å². The van der Waals surface area contributed by atoms with Crippen LogP contribution >= 0.6 is 0 Å². The van der Waals surface area contributed by atoms with E-state index in [2.05, 4.69) is 25.8 Å². The Balaban J connectivity index is 1.77. The molecule has 2 N–H and O–H groups in total. The minimum Gasteiger partial charge on any atom is -0.507 e. The van der Waals surface area contributed by atoms with Gasteiger partial charge < -0.3 is 14.8 Å². The number of aliphatic hydroxyl groups is 1. The van der Waals surface area contributed by atoms with Gasteiger partial charge >= 0.3 is 0 Å². The number of carbonyl (C=O) groups is 2. The number of fused-ring (bicyclic) bond motifs is 1. The van der Waals surface area contributed by atoms with Gasteiger partial charge in [-0.25, -0.2) is 0 Å². The number of aryl methyl sites for hydroxylation is 1. The van der Waals surface area contributed by atoms with Gasteiger partial charge in [-0.3, -0.25) is 14.5 Å². The number of para-hydroxylation sites is 1. The van der Waals surface area contributed by atoms with E-state index < -0.39 is 17.7 Å². The van der Waals surface area contributed by atoms with Gasteiger partial charge in [0.25, 0.3) is 11.7 Å². The Morgan fingerprint density at radius 2 is 1.70 bits per heavy atom. The van der Waals surface area contributed by atoms with Crippen LogP contribution in [0.2, 0.25) is 0 Å². The minimum atomic E-state index is -0.806. The number of carbonyl (C=O) groups excluding carboxylic acids is 2. The fourth-order valence-corrected chi connectivity index (χ4v) is 5.02. The molecule has 1 aliphatic heterocycles. The summed E-state index contributed by atoms with van der Waals surface area (Å²) in [5.41, 5.74) is 4.37. The van der Waals surface area contributed by atoms with Crippen molar-refractivity contribution >= 4 is 34.0 Å². The highest BCUT2D eigenvalue weighted by Crippen LogP contribution is 2.45. The first-order valence-electron chi connectivity index (χ1n) is 12.2. The first-order valence-corrected chi connectivity index (χ1v) is 12.2. The number of ether oxygens (including phenoxy) is 1. The van der Waals surface area contributed by atoms with Crippen molar-refractivity contribution in [3.63, 3.8) is 0 Å². The summed E-state index contributed by atoms with van der Waals surface area (Å²) in [7, 11) is 1.61. The lowest BCUT2D eigenvalue weighted by atomic mass is 9.84. The number of hydrogen-bond donors (Lipinski definition) is 2. The normalized spacial score (nSPS) is 17.5. The topological polar surface area (TPSA) is 82.6 Å². The first kappa shape index (κ1) is 24.4. The molecule has 6 nitrogen and oxygen atoms in total. The third-order valence-electron chi connectivity index (χ3n) is 6.95. The Bertz CT molecular complexity index is 1550. The van der Waals surface area contributed by atoms with Crippen molar-refractivity contribution in [1.82, 2.24) is 4.98 Å². The number of nitrogens with one attached hydrogen (secondary N) is 1. The van der Waals surface area contributed by atoms with Crippen LogP contribution in [0.25, 0.3) is 16.7 Å². The maximum atomic E-state index is 13.6. The maximum Gasteiger partial charge on any atom is 0.300 e. The molecule has 0 spiro atoms. The van der Waals surface area contributed by atoms with Crippen LogP contribution in [-0.2, 0) is 15.0 Å². The third kappa shape index (κ3) is 4.08. The van der Waals surface area contributed by atoms with Crippen LogP contribution in [0.15, 0.2) is 78.5 Å². The molecule has 1 unspecified atom stereocenters. The summed E-state index contributed by atoms with van der Waals surface area (Å²) in [6.07, 6.45) is 1.81. The zero-order valence-electron chi connectivity index (χ0n) is 21.6. The van der Waals surface area contributed by atoms with Gasteiger partial charge in [0.2, 0.25) is 0 Å². The summed E-state index contributed by atoms with van der Waals surface area (Å²) >= 11 is 0. The Hall–Kier alpha value is -4.32. The minimum absolute atomic E-state index is 0.0559. The monoisotopic (exact) mass is 494 g/mol. The Kier molecular flexibility index (Phi) is 5.91. The molecule has 4 aromatic rings. The van der Waals surface area contributed by atoms with Crippen LogP contribution < -0.4 is 9.64 Å². The second kappa shape index (κ2) is 8.96. The molecule has 1 atom stereocenters. The van der Waals surface area contributed by atoms with E-state index in [0.29, 0.717) is 17.0 Å². The number of aromatic amines is 1. The summed E-state index contributed by atoms with van der Waals surface area (Å²) < 4.78 is 5.55. The van der Waals surface area contributed by atoms with Gasteiger partial charge in [0.15, 0.2) is 0 Å². The molecule has 6 heteroatoms. The molecular formula is C31H30N2O4. The van der Waals surface area contributed by atoms with Gasteiger partial charge in [0.1, 0.15) is 11.5 Å². The Morgan fingerprint density at radius 1 is 1.00 bits per heavy atom. The van der Waals surface area contributed by atoms with Gasteiger partial charge in [-0.2, -0.15) is 0 Å². The van der Waals surface area contributed by atoms with Gasteiger partial charge in [0, 0.05) is 39.5 Å². The molecule has 1 amide bonds. The van der Waals surface area contributed by atoms with Gasteiger partial charge in [-0.1, -0.05) is 56.7 Å². The highest BCUT2D eigenvalue weighted by molar-refractivity contribution is 6.51. The van der Waals surface area contributed by atoms with Crippen molar-refractivity contribution in [3.05, 3.63) is 101 Å². The summed E-state index contributed by atoms with van der Waals surface area (Å²) in [6.45, 7) is 8.12. The average molecular weight is 495 g/mol. The highest BCUT2D eigenvalue weighted by Gasteiger charge is 2.47. The van der Waals surface area contributed by atoms with Crippen molar-refractivity contribution in [2.24, 2.45) is 0 Å². The Labute approximate surface area is 216 Å². The van der Waals surface area contributed by atoms with E-state index in [4.69, 9.17) is 4.74 Å². The lowest BCUT2D eigenvalue weighted by Crippen LogP contribution is -2.29. The number of hydrogen-bond acceptors (Lipinski definition) is 4. The van der Waals surface area contributed by atoms with Gasteiger partial charge in [-0.05, 0) is 48.7 Å². The number of anilines is 1. The quantitative estimate of drug-likeness (QED) is 0.195. The zero-order chi connectivity index (χ0) is 26.5. The van der Waals surface area contributed by atoms with Crippen molar-refractivity contribution in [2.45, 2.75) is 39.2 Å². The van der Waals surface area contributed by atoms with E-state index in [1.807, 2.05) is 67.7 Å². The van der Waals surface area contributed by atoms with Crippen LogP contribution in [0, 0.1) is 6.92 Å². The number of methoxy groups -OCH3 is 1. The first-order chi connectivity index (χ1) is 17.6. The number of amides is 1. The predicted molar refractivity (Wildman–Crippen MR) is 146 cm³/mol. The molecule has 1 aliphatic rings. The van der Waals surface area contributed by atoms with E-state index >= 15 is 0 Å². The standard InChI is InChI=1S/C31H30N2O4/c1-18-10-13-20(14-11-18)33-27(22-17-32-24-9-7-6-8-21(22)24)26(29(35)30(33)36)28(34)19-12-15-25(37-5)23(16-19)31(2,3)4/h6-17,27,32,34H,1-5H3/b28-26+. The number of aliphatic hydroxyl groups excluding tert-OH is 1. The van der Waals surface area contributed by atoms with Crippen LogP contribution in [0.4, 0.5) is 5.69 Å². The maximum absolute atomic E-state index is 13.6. The molecule has 0 aliphatic carbocycles. The molecule has 5 rings (SSSR count). The SMILES string of the molecule is COc1ccc(/C(O)=C2\C(=O)C(=O)N(c3ccc(C)cc3)C2c2c[nH]c3ccccc23)cc1C(C)(C)C. The van der Waals surface area contributed by atoms with Crippen LogP contribution in [0.5, 0.6) is 5.75 Å². The number of nitrogens with zero attached hydrogens (tertiary/aromatic N) is 1. The van der Waals surface area contributed by atoms with E-state index in [1.165, 1.54) is 4.90 Å². The summed E-state index contributed by atoms with van der Waals surface area (Å²) in [4.78, 5) is 31.8. The fourth-order valence-electron chi connectivity index (χ4n) is 5.02. The molecule has 0 radical (unpaired) electrons. The largest absolute Gasteiger partial charge is 0.507 e. The summed E-state index contributed by atoms with van der Waals surface area (Å²) in [5.74, 6) is -0.916. The second-order valence-electron chi connectivity index (χ2n) is 10.5. The summed E-state index contributed by atoms with van der Waals surface area (Å²) in [6, 6.07) is 19.7. The lowest BCUT2D eigenvalue weighted by molar-refractivity contribution is -0.132. The van der Waals surface area contributed by atoms with Crippen molar-refractivity contribution < 1.29 is 19.4 Å². The van der Waals surface area contributed by atoms with Crippen LogP contribution in [0.1, 0.15) is 49.1 Å². The predicted octanol–water partition coefficient (Wildman–Crippen LogP) is 6.41. The molecule has 37 heavy (non-hydrogen) atoms. The number of benzene rings is 3. The van der Waals surface area contributed by atoms with Crippen LogP contribution in [-0.4, -0.2) is 28.9 Å². The van der Waals surface area contributed by atoms with Crippen molar-refractivity contribution in [2.75, 3.05) is 12.0 Å². The zero-order valence-corrected chi connectivity index (χ0v) is 21.6. The van der Waals surface area contributed by atoms with Gasteiger partial charge in [-0.15, -0.1) is 0 Å².